The van der Waals surface area contributed by atoms with E-state index in [1.54, 1.807) is 0 Å². The number of nitrogen functional groups attached to an aromatic ring is 1. The largest absolute Gasteiger partial charge is 0.397 e. The molecule has 84 valence electrons. The Bertz CT molecular complexity index is 458. The van der Waals surface area contributed by atoms with Crippen LogP contribution in [-0.2, 0) is 6.42 Å². The maximum absolute atomic E-state index is 5.86. The van der Waals surface area contributed by atoms with Crippen molar-refractivity contribution in [1.29, 1.82) is 0 Å². The number of hydrogen-bond donors (Lipinski definition) is 2. The van der Waals surface area contributed by atoms with Crippen molar-refractivity contribution < 1.29 is 4.52 Å². The third-order valence-corrected chi connectivity index (χ3v) is 2.75. The van der Waals surface area contributed by atoms with Gasteiger partial charge in [-0.3, -0.25) is 0 Å². The second-order valence-corrected chi connectivity index (χ2v) is 4.49. The molecule has 0 radical (unpaired) electrons. The molecule has 0 amide bonds. The van der Waals surface area contributed by atoms with Crippen molar-refractivity contribution in [2.75, 3.05) is 17.6 Å². The van der Waals surface area contributed by atoms with Gasteiger partial charge in [-0.05, 0) is 40.8 Å². The molecule has 2 aromatic rings. The molecule has 0 atom stereocenters. The first-order chi connectivity index (χ1) is 7.75. The van der Waals surface area contributed by atoms with E-state index in [-0.39, 0.29) is 0 Å². The highest BCUT2D eigenvalue weighted by molar-refractivity contribution is 14.1. The zero-order valence-electron chi connectivity index (χ0n) is 8.48. The highest BCUT2D eigenvalue weighted by atomic mass is 127. The quantitative estimate of drug-likeness (QED) is 0.662. The van der Waals surface area contributed by atoms with Crippen LogP contribution in [0.3, 0.4) is 0 Å². The summed E-state index contributed by atoms with van der Waals surface area (Å²) in [7, 11) is 0. The Labute approximate surface area is 107 Å². The Kier molecular flexibility index (Phi) is 3.60. The van der Waals surface area contributed by atoms with Crippen LogP contribution in [0.4, 0.5) is 11.4 Å². The summed E-state index contributed by atoms with van der Waals surface area (Å²) in [6, 6.07) is 5.90. The van der Waals surface area contributed by atoms with Crippen molar-refractivity contribution in [3.63, 3.8) is 0 Å². The van der Waals surface area contributed by atoms with Crippen LogP contribution < -0.4 is 11.1 Å². The second kappa shape index (κ2) is 5.15. The molecule has 1 aromatic heterocycles. The van der Waals surface area contributed by atoms with Crippen molar-refractivity contribution in [2.45, 2.75) is 6.42 Å². The van der Waals surface area contributed by atoms with Gasteiger partial charge in [0.05, 0.1) is 11.4 Å². The molecule has 16 heavy (non-hydrogen) atoms. The van der Waals surface area contributed by atoms with E-state index in [0.717, 1.165) is 14.9 Å². The van der Waals surface area contributed by atoms with E-state index < -0.39 is 0 Å². The first-order valence-electron chi connectivity index (χ1n) is 4.80. The van der Waals surface area contributed by atoms with Gasteiger partial charge in [0.2, 0.25) is 5.89 Å². The van der Waals surface area contributed by atoms with Crippen molar-refractivity contribution in [3.8, 4) is 0 Å². The number of anilines is 2. The molecule has 3 N–H and O–H groups in total. The number of rotatable bonds is 4. The number of aromatic nitrogens is 2. The van der Waals surface area contributed by atoms with Crippen molar-refractivity contribution in [2.24, 2.45) is 0 Å². The van der Waals surface area contributed by atoms with Gasteiger partial charge in [0.1, 0.15) is 0 Å². The number of nitrogens with one attached hydrogen (secondary N) is 1. The molecule has 0 bridgehead atoms. The molecule has 0 saturated heterocycles. The molecule has 0 spiro atoms. The summed E-state index contributed by atoms with van der Waals surface area (Å²) in [6.07, 6.45) is 2.08. The summed E-state index contributed by atoms with van der Waals surface area (Å²) in [5, 5.41) is 6.76. The lowest BCUT2D eigenvalue weighted by molar-refractivity contribution is 0.380. The third kappa shape index (κ3) is 2.84. The molecule has 0 aliphatic heterocycles. The number of nitrogens with two attached hydrogens (primary N) is 1. The third-order valence-electron chi connectivity index (χ3n) is 2.07. The molecule has 1 aromatic carbocycles. The summed E-state index contributed by atoms with van der Waals surface area (Å²) >= 11 is 2.23. The van der Waals surface area contributed by atoms with Crippen molar-refractivity contribution in [1.82, 2.24) is 10.1 Å². The van der Waals surface area contributed by atoms with Crippen molar-refractivity contribution >= 4 is 34.0 Å². The normalized spacial score (nSPS) is 10.3. The van der Waals surface area contributed by atoms with E-state index >= 15 is 0 Å². The van der Waals surface area contributed by atoms with Crippen LogP contribution >= 0.6 is 22.6 Å². The Morgan fingerprint density at radius 3 is 3.00 bits per heavy atom. The first-order valence-corrected chi connectivity index (χ1v) is 5.88. The van der Waals surface area contributed by atoms with Crippen molar-refractivity contribution in [3.05, 3.63) is 34.0 Å². The minimum absolute atomic E-state index is 0.622. The zero-order valence-corrected chi connectivity index (χ0v) is 10.6. The van der Waals surface area contributed by atoms with Crippen LogP contribution in [0.5, 0.6) is 0 Å². The maximum atomic E-state index is 5.86. The van der Waals surface area contributed by atoms with E-state index in [1.807, 2.05) is 18.2 Å². The molecule has 5 nitrogen and oxygen atoms in total. The monoisotopic (exact) mass is 330 g/mol. The van der Waals surface area contributed by atoms with Crippen LogP contribution in [0.1, 0.15) is 5.89 Å². The molecule has 6 heteroatoms. The standard InChI is InChI=1S/C10H11IN4O/c11-7-1-2-9(8(12)5-7)13-4-3-10-14-6-15-16-10/h1-2,5-6,13H,3-4,12H2. The van der Waals surface area contributed by atoms with Gasteiger partial charge in [-0.2, -0.15) is 4.98 Å². The van der Waals surface area contributed by atoms with Gasteiger partial charge in [0.25, 0.3) is 0 Å². The topological polar surface area (TPSA) is 77.0 Å². The summed E-state index contributed by atoms with van der Waals surface area (Å²) in [5.74, 6) is 0.622. The Hall–Kier alpha value is -1.31. The molecule has 1 heterocycles. The summed E-state index contributed by atoms with van der Waals surface area (Å²) < 4.78 is 6.01. The lowest BCUT2D eigenvalue weighted by Crippen LogP contribution is -2.07. The molecular weight excluding hydrogens is 319 g/mol. The zero-order chi connectivity index (χ0) is 11.4. The van der Waals surface area contributed by atoms with Gasteiger partial charge in [-0.1, -0.05) is 5.16 Å². The highest BCUT2D eigenvalue weighted by Gasteiger charge is 2.01. The fraction of sp³-hybridized carbons (Fsp3) is 0.200. The van der Waals surface area contributed by atoms with Gasteiger partial charge in [-0.15, -0.1) is 0 Å². The summed E-state index contributed by atoms with van der Waals surface area (Å²) in [4.78, 5) is 3.93. The minimum Gasteiger partial charge on any atom is -0.397 e. The van der Waals surface area contributed by atoms with E-state index in [2.05, 4.69) is 38.0 Å². The van der Waals surface area contributed by atoms with Gasteiger partial charge < -0.3 is 15.6 Å². The van der Waals surface area contributed by atoms with Gasteiger partial charge >= 0.3 is 0 Å². The number of hydrogen-bond acceptors (Lipinski definition) is 5. The van der Waals surface area contributed by atoms with Gasteiger partial charge in [0.15, 0.2) is 6.33 Å². The number of nitrogens with zero attached hydrogens (tertiary/aromatic N) is 2. The highest BCUT2D eigenvalue weighted by Crippen LogP contribution is 2.20. The van der Waals surface area contributed by atoms with Gasteiger partial charge in [0, 0.05) is 16.5 Å². The fourth-order valence-corrected chi connectivity index (χ4v) is 1.82. The number of benzene rings is 1. The molecule has 0 aliphatic carbocycles. The molecule has 0 aliphatic rings. The molecule has 0 saturated carbocycles. The summed E-state index contributed by atoms with van der Waals surface area (Å²) in [5.41, 5.74) is 7.54. The summed E-state index contributed by atoms with van der Waals surface area (Å²) in [6.45, 7) is 0.715. The van der Waals surface area contributed by atoms with E-state index in [4.69, 9.17) is 10.3 Å². The smallest absolute Gasteiger partial charge is 0.228 e. The number of halogens is 1. The average Bonchev–Trinajstić information content (AvgIpc) is 2.74. The van der Waals surface area contributed by atoms with Crippen LogP contribution in [-0.4, -0.2) is 16.7 Å². The van der Waals surface area contributed by atoms with E-state index in [9.17, 15) is 0 Å². The fourth-order valence-electron chi connectivity index (χ4n) is 1.30. The Balaban J connectivity index is 1.90. The molecular formula is C10H11IN4O. The second-order valence-electron chi connectivity index (χ2n) is 3.24. The van der Waals surface area contributed by atoms with Gasteiger partial charge in [-0.25, -0.2) is 0 Å². The Morgan fingerprint density at radius 2 is 2.31 bits per heavy atom. The van der Waals surface area contributed by atoms with E-state index in [0.29, 0.717) is 18.9 Å². The lowest BCUT2D eigenvalue weighted by atomic mass is 10.2. The van der Waals surface area contributed by atoms with Crippen LogP contribution in [0.2, 0.25) is 0 Å². The molecule has 0 unspecified atom stereocenters. The van der Waals surface area contributed by atoms with Crippen LogP contribution in [0.15, 0.2) is 29.0 Å². The van der Waals surface area contributed by atoms with Crippen LogP contribution in [0, 0.1) is 3.57 Å². The van der Waals surface area contributed by atoms with E-state index in [1.165, 1.54) is 6.33 Å². The molecule has 2 rings (SSSR count). The molecule has 0 fully saturated rings. The SMILES string of the molecule is Nc1cc(I)ccc1NCCc1ncno1. The Morgan fingerprint density at radius 1 is 1.44 bits per heavy atom. The maximum Gasteiger partial charge on any atom is 0.228 e. The minimum atomic E-state index is 0.622. The average molecular weight is 330 g/mol. The first kappa shape index (κ1) is 11.2. The van der Waals surface area contributed by atoms with Crippen LogP contribution in [0.25, 0.3) is 0 Å². The predicted molar refractivity (Wildman–Crippen MR) is 70.1 cm³/mol. The predicted octanol–water partition coefficient (Wildman–Crippen LogP) is 1.91. The lowest BCUT2D eigenvalue weighted by Gasteiger charge is -2.08.